The highest BCUT2D eigenvalue weighted by molar-refractivity contribution is 6.34. The molecular formula is C17H27Cl2N3O. The van der Waals surface area contributed by atoms with Crippen molar-refractivity contribution in [2.45, 2.75) is 39.7 Å². The number of rotatable bonds is 4. The largest absolute Gasteiger partial charge is 0.328 e. The molecule has 1 saturated heterocycles. The molecule has 0 aliphatic carbocycles. The molecule has 1 aromatic rings. The molecule has 1 aromatic carbocycles. The third-order valence-electron chi connectivity index (χ3n) is 4.44. The zero-order chi connectivity index (χ0) is 16.3. The molecular weight excluding hydrogens is 333 g/mol. The predicted molar refractivity (Wildman–Crippen MR) is 99.6 cm³/mol. The molecule has 1 unspecified atom stereocenters. The minimum absolute atomic E-state index is 0. The zero-order valence-corrected chi connectivity index (χ0v) is 15.6. The van der Waals surface area contributed by atoms with Crippen molar-refractivity contribution < 1.29 is 4.79 Å². The first-order chi connectivity index (χ1) is 10.4. The first-order valence-corrected chi connectivity index (χ1v) is 8.29. The van der Waals surface area contributed by atoms with Gasteiger partial charge in [0.15, 0.2) is 0 Å². The van der Waals surface area contributed by atoms with Crippen molar-refractivity contribution in [1.29, 1.82) is 0 Å². The highest BCUT2D eigenvalue weighted by atomic mass is 35.5. The van der Waals surface area contributed by atoms with Crippen molar-refractivity contribution in [1.82, 2.24) is 4.90 Å². The minimum atomic E-state index is -0.00639. The molecule has 1 heterocycles. The number of nitrogens with two attached hydrogens (primary N) is 1. The molecule has 130 valence electrons. The lowest BCUT2D eigenvalue weighted by molar-refractivity contribution is -0.117. The second kappa shape index (κ2) is 8.88. The van der Waals surface area contributed by atoms with Crippen molar-refractivity contribution in [3.05, 3.63) is 28.3 Å². The summed E-state index contributed by atoms with van der Waals surface area (Å²) in [6.07, 6.45) is 2.13. The van der Waals surface area contributed by atoms with E-state index in [1.54, 1.807) is 0 Å². The molecule has 23 heavy (non-hydrogen) atoms. The molecule has 3 N–H and O–H groups in total. The SMILES string of the molecule is Cc1cc(C)c(NC(=O)CN2CCC(C(C)N)CC2)c(Cl)c1.Cl. The number of hydrogen-bond donors (Lipinski definition) is 2. The molecule has 0 aromatic heterocycles. The first-order valence-electron chi connectivity index (χ1n) is 7.91. The topological polar surface area (TPSA) is 58.4 Å². The summed E-state index contributed by atoms with van der Waals surface area (Å²) in [5.41, 5.74) is 8.76. The van der Waals surface area contributed by atoms with E-state index in [1.807, 2.05) is 26.0 Å². The second-order valence-electron chi connectivity index (χ2n) is 6.46. The predicted octanol–water partition coefficient (Wildman–Crippen LogP) is 3.38. The van der Waals surface area contributed by atoms with Gasteiger partial charge in [-0.1, -0.05) is 17.7 Å². The summed E-state index contributed by atoms with van der Waals surface area (Å²) in [5, 5.41) is 3.55. The minimum Gasteiger partial charge on any atom is -0.328 e. The number of carbonyl (C=O) groups is 1. The normalized spacial score (nSPS) is 17.4. The standard InChI is InChI=1S/C17H26ClN3O.ClH/c1-11-8-12(2)17(15(18)9-11)20-16(22)10-21-6-4-14(5-7-21)13(3)19;/h8-9,13-14H,4-7,10,19H2,1-3H3,(H,20,22);1H. The van der Waals surface area contributed by atoms with E-state index in [2.05, 4.69) is 17.1 Å². The molecule has 4 nitrogen and oxygen atoms in total. The fraction of sp³-hybridized carbons (Fsp3) is 0.588. The van der Waals surface area contributed by atoms with E-state index >= 15 is 0 Å². The third kappa shape index (κ3) is 5.64. The fourth-order valence-corrected chi connectivity index (χ4v) is 3.46. The molecule has 2 rings (SSSR count). The Morgan fingerprint density at radius 2 is 2.00 bits per heavy atom. The van der Waals surface area contributed by atoms with Gasteiger partial charge in [-0.25, -0.2) is 0 Å². The number of anilines is 1. The smallest absolute Gasteiger partial charge is 0.238 e. The molecule has 1 amide bonds. The average Bonchev–Trinajstić information content (AvgIpc) is 2.43. The van der Waals surface area contributed by atoms with Crippen LogP contribution >= 0.6 is 24.0 Å². The number of likely N-dealkylation sites (tertiary alicyclic amines) is 1. The lowest BCUT2D eigenvalue weighted by atomic mass is 9.91. The summed E-state index contributed by atoms with van der Waals surface area (Å²) >= 11 is 6.23. The van der Waals surface area contributed by atoms with Crippen LogP contribution in [0, 0.1) is 19.8 Å². The van der Waals surface area contributed by atoms with Crippen LogP contribution in [0.3, 0.4) is 0 Å². The Kier molecular flexibility index (Phi) is 7.81. The maximum atomic E-state index is 12.2. The number of halogens is 2. The van der Waals surface area contributed by atoms with Gasteiger partial charge in [0.25, 0.3) is 0 Å². The number of carbonyl (C=O) groups excluding carboxylic acids is 1. The number of amides is 1. The van der Waals surface area contributed by atoms with Crippen molar-refractivity contribution in [3.63, 3.8) is 0 Å². The van der Waals surface area contributed by atoms with E-state index < -0.39 is 0 Å². The van der Waals surface area contributed by atoms with Gasteiger partial charge in [0.1, 0.15) is 0 Å². The summed E-state index contributed by atoms with van der Waals surface area (Å²) in [6.45, 7) is 8.29. The molecule has 1 atom stereocenters. The highest BCUT2D eigenvalue weighted by Gasteiger charge is 2.23. The van der Waals surface area contributed by atoms with Crippen LogP contribution in [0.2, 0.25) is 5.02 Å². The van der Waals surface area contributed by atoms with Crippen molar-refractivity contribution in [3.8, 4) is 0 Å². The van der Waals surface area contributed by atoms with Gasteiger partial charge in [-0.3, -0.25) is 9.69 Å². The molecule has 0 spiro atoms. The molecule has 0 bridgehead atoms. The number of nitrogens with one attached hydrogen (secondary N) is 1. The second-order valence-corrected chi connectivity index (χ2v) is 6.87. The molecule has 0 saturated carbocycles. The van der Waals surface area contributed by atoms with E-state index in [1.165, 1.54) is 0 Å². The quantitative estimate of drug-likeness (QED) is 0.866. The highest BCUT2D eigenvalue weighted by Crippen LogP contribution is 2.27. The Balaban J connectivity index is 0.00000264. The van der Waals surface area contributed by atoms with E-state index in [0.717, 1.165) is 42.7 Å². The number of aryl methyl sites for hydroxylation is 2. The number of benzene rings is 1. The summed E-state index contributed by atoms with van der Waals surface area (Å²) in [4.78, 5) is 14.4. The lowest BCUT2D eigenvalue weighted by Gasteiger charge is -2.33. The van der Waals surface area contributed by atoms with Gasteiger partial charge in [-0.05, 0) is 69.8 Å². The molecule has 1 aliphatic heterocycles. The molecule has 6 heteroatoms. The van der Waals surface area contributed by atoms with Gasteiger partial charge in [0, 0.05) is 6.04 Å². The number of piperidine rings is 1. The van der Waals surface area contributed by atoms with Crippen molar-refractivity contribution in [2.75, 3.05) is 25.0 Å². The van der Waals surface area contributed by atoms with Crippen molar-refractivity contribution >= 4 is 35.6 Å². The Labute approximate surface area is 150 Å². The first kappa shape index (κ1) is 20.2. The average molecular weight is 360 g/mol. The summed E-state index contributed by atoms with van der Waals surface area (Å²) in [5.74, 6) is 0.571. The van der Waals surface area contributed by atoms with Crippen molar-refractivity contribution in [2.24, 2.45) is 11.7 Å². The van der Waals surface area contributed by atoms with Gasteiger partial charge in [-0.2, -0.15) is 0 Å². The van der Waals surface area contributed by atoms with Crippen LogP contribution in [-0.4, -0.2) is 36.5 Å². The van der Waals surface area contributed by atoms with E-state index in [0.29, 0.717) is 17.5 Å². The molecule has 1 fully saturated rings. The van der Waals surface area contributed by atoms with Crippen LogP contribution in [0.1, 0.15) is 30.9 Å². The van der Waals surface area contributed by atoms with Crippen LogP contribution in [0.15, 0.2) is 12.1 Å². The lowest BCUT2D eigenvalue weighted by Crippen LogP contribution is -2.42. The van der Waals surface area contributed by atoms with Gasteiger partial charge >= 0.3 is 0 Å². The van der Waals surface area contributed by atoms with E-state index in [4.69, 9.17) is 17.3 Å². The maximum absolute atomic E-state index is 12.2. The monoisotopic (exact) mass is 359 g/mol. The van der Waals surface area contributed by atoms with Crippen LogP contribution < -0.4 is 11.1 Å². The van der Waals surface area contributed by atoms with Gasteiger partial charge in [0.2, 0.25) is 5.91 Å². The molecule has 1 aliphatic rings. The van der Waals surface area contributed by atoms with Crippen LogP contribution in [0.4, 0.5) is 5.69 Å². The Bertz CT molecular complexity index is 518. The van der Waals surface area contributed by atoms with Gasteiger partial charge < -0.3 is 11.1 Å². The Morgan fingerprint density at radius 3 is 2.52 bits per heavy atom. The van der Waals surface area contributed by atoms with E-state index in [9.17, 15) is 4.79 Å². The number of nitrogens with zero attached hydrogens (tertiary/aromatic N) is 1. The van der Waals surface area contributed by atoms with Crippen LogP contribution in [-0.2, 0) is 4.79 Å². The van der Waals surface area contributed by atoms with Crippen LogP contribution in [0.25, 0.3) is 0 Å². The summed E-state index contributed by atoms with van der Waals surface area (Å²) < 4.78 is 0. The van der Waals surface area contributed by atoms with Crippen LogP contribution in [0.5, 0.6) is 0 Å². The number of hydrogen-bond acceptors (Lipinski definition) is 3. The summed E-state index contributed by atoms with van der Waals surface area (Å²) in [6, 6.07) is 4.14. The van der Waals surface area contributed by atoms with E-state index in [-0.39, 0.29) is 24.4 Å². The summed E-state index contributed by atoms with van der Waals surface area (Å²) in [7, 11) is 0. The third-order valence-corrected chi connectivity index (χ3v) is 4.74. The maximum Gasteiger partial charge on any atom is 0.238 e. The zero-order valence-electron chi connectivity index (χ0n) is 14.1. The van der Waals surface area contributed by atoms with Gasteiger partial charge in [-0.15, -0.1) is 12.4 Å². The van der Waals surface area contributed by atoms with Gasteiger partial charge in [0.05, 0.1) is 17.3 Å². The molecule has 0 radical (unpaired) electrons. The fourth-order valence-electron chi connectivity index (χ4n) is 3.09. The Hall–Kier alpha value is -0.810. The Morgan fingerprint density at radius 1 is 1.39 bits per heavy atom.